The highest BCUT2D eigenvalue weighted by Gasteiger charge is 2.36. The molecule has 0 heterocycles. The van der Waals surface area contributed by atoms with E-state index in [2.05, 4.69) is 18.6 Å². The maximum atomic E-state index is 11.6. The first-order valence-electron chi connectivity index (χ1n) is 6.61. The zero-order valence-corrected chi connectivity index (χ0v) is 12.0. The molecule has 3 N–H and O–H groups in total. The van der Waals surface area contributed by atoms with Gasteiger partial charge in [0.2, 0.25) is 15.9 Å². The van der Waals surface area contributed by atoms with Gasteiger partial charge in [-0.2, -0.15) is 0 Å². The molecule has 1 saturated carbocycles. The normalized spacial score (nSPS) is 17.8. The van der Waals surface area contributed by atoms with Crippen LogP contribution in [0, 0.1) is 11.8 Å². The minimum Gasteiger partial charge on any atom is -0.330 e. The summed E-state index contributed by atoms with van der Waals surface area (Å²) in [5.74, 6) is 0.454. The lowest BCUT2D eigenvalue weighted by Crippen LogP contribution is -2.33. The van der Waals surface area contributed by atoms with Crippen LogP contribution in [0.3, 0.4) is 0 Å². The van der Waals surface area contributed by atoms with Crippen LogP contribution < -0.4 is 10.5 Å². The van der Waals surface area contributed by atoms with E-state index in [-0.39, 0.29) is 17.6 Å². The number of nitrogens with two attached hydrogens (primary N) is 1. The van der Waals surface area contributed by atoms with Crippen LogP contribution in [0.15, 0.2) is 0 Å². The highest BCUT2D eigenvalue weighted by atomic mass is 32.2. The number of rotatable bonds is 8. The summed E-state index contributed by atoms with van der Waals surface area (Å²) in [6.45, 7) is 4.79. The van der Waals surface area contributed by atoms with E-state index in [0.29, 0.717) is 37.6 Å². The minimum atomic E-state index is -3.39. The van der Waals surface area contributed by atoms with Crippen molar-refractivity contribution in [3.63, 3.8) is 0 Å². The quantitative estimate of drug-likeness (QED) is 0.692. The largest absolute Gasteiger partial charge is 0.330 e. The van der Waals surface area contributed by atoms with E-state index < -0.39 is 10.0 Å². The fraction of sp³-hybridized carbons (Fsp3) is 0.917. The summed E-state index contributed by atoms with van der Waals surface area (Å²) in [7, 11) is -3.39. The van der Waals surface area contributed by atoms with Crippen LogP contribution in [0.2, 0.25) is 0 Å². The molecule has 0 aromatic rings. The number of nitrogens with one attached hydrogen (secondary N) is 1. The van der Waals surface area contributed by atoms with Gasteiger partial charge in [-0.3, -0.25) is 9.52 Å². The molecule has 0 spiro atoms. The third kappa shape index (κ3) is 4.94. The molecule has 1 rings (SSSR count). The second kappa shape index (κ2) is 6.52. The number of carbonyl (C=O) groups is 1. The van der Waals surface area contributed by atoms with Crippen LogP contribution in [0.4, 0.5) is 0 Å². The molecule has 5 nitrogen and oxygen atoms in total. The van der Waals surface area contributed by atoms with Crippen LogP contribution in [0.25, 0.3) is 0 Å². The van der Waals surface area contributed by atoms with Crippen molar-refractivity contribution in [3.8, 4) is 0 Å². The van der Waals surface area contributed by atoms with Gasteiger partial charge in [-0.15, -0.1) is 0 Å². The van der Waals surface area contributed by atoms with Crippen molar-refractivity contribution in [2.24, 2.45) is 17.6 Å². The third-order valence-corrected chi connectivity index (χ3v) is 5.30. The predicted molar refractivity (Wildman–Crippen MR) is 71.3 cm³/mol. The van der Waals surface area contributed by atoms with Gasteiger partial charge in [0.15, 0.2) is 0 Å². The highest BCUT2D eigenvalue weighted by Crippen LogP contribution is 2.27. The zero-order chi connectivity index (χ0) is 13.8. The van der Waals surface area contributed by atoms with Gasteiger partial charge in [0.1, 0.15) is 0 Å². The number of hydrogen-bond donors (Lipinski definition) is 2. The molecule has 106 valence electrons. The molecule has 6 heteroatoms. The maximum absolute atomic E-state index is 11.6. The van der Waals surface area contributed by atoms with Gasteiger partial charge in [-0.25, -0.2) is 8.42 Å². The van der Waals surface area contributed by atoms with E-state index in [1.807, 2.05) is 0 Å². The standard InChI is InChI=1S/C12H24N2O3S/c1-9(2)10(7-8-13)3-6-12(15)14-18(16,17)11-4-5-11/h9-11H,3-8,13H2,1-2H3,(H,14,15). The van der Waals surface area contributed by atoms with Crippen LogP contribution in [0.1, 0.15) is 46.0 Å². The van der Waals surface area contributed by atoms with Crippen molar-refractivity contribution in [2.45, 2.75) is 51.2 Å². The van der Waals surface area contributed by atoms with Gasteiger partial charge < -0.3 is 5.73 Å². The van der Waals surface area contributed by atoms with E-state index in [1.54, 1.807) is 0 Å². The predicted octanol–water partition coefficient (Wildman–Crippen LogP) is 0.996. The summed E-state index contributed by atoms with van der Waals surface area (Å²) in [6, 6.07) is 0. The van der Waals surface area contributed by atoms with E-state index in [9.17, 15) is 13.2 Å². The van der Waals surface area contributed by atoms with Crippen molar-refractivity contribution >= 4 is 15.9 Å². The Labute approximate surface area is 110 Å². The fourth-order valence-electron chi connectivity index (χ4n) is 2.01. The molecule has 1 atom stereocenters. The molecule has 1 unspecified atom stereocenters. The van der Waals surface area contributed by atoms with Crippen LogP contribution >= 0.6 is 0 Å². The van der Waals surface area contributed by atoms with Crippen molar-refractivity contribution in [1.82, 2.24) is 4.72 Å². The van der Waals surface area contributed by atoms with Crippen molar-refractivity contribution in [1.29, 1.82) is 0 Å². The third-order valence-electron chi connectivity index (χ3n) is 3.44. The molecule has 0 bridgehead atoms. The fourth-order valence-corrected chi connectivity index (χ4v) is 3.36. The van der Waals surface area contributed by atoms with Gasteiger partial charge in [-0.1, -0.05) is 13.8 Å². The van der Waals surface area contributed by atoms with Crippen molar-refractivity contribution in [3.05, 3.63) is 0 Å². The summed E-state index contributed by atoms with van der Waals surface area (Å²) >= 11 is 0. The Hall–Kier alpha value is -0.620. The van der Waals surface area contributed by atoms with Crippen LogP contribution in [0.5, 0.6) is 0 Å². The van der Waals surface area contributed by atoms with E-state index in [1.165, 1.54) is 0 Å². The SMILES string of the molecule is CC(C)C(CCN)CCC(=O)NS(=O)(=O)C1CC1. The topological polar surface area (TPSA) is 89.3 Å². The average molecular weight is 276 g/mol. The van der Waals surface area contributed by atoms with Crippen LogP contribution in [-0.4, -0.2) is 26.1 Å². The van der Waals surface area contributed by atoms with E-state index in [4.69, 9.17) is 5.73 Å². The lowest BCUT2D eigenvalue weighted by molar-refractivity contribution is -0.119. The van der Waals surface area contributed by atoms with Crippen molar-refractivity contribution in [2.75, 3.05) is 6.54 Å². The summed E-state index contributed by atoms with van der Waals surface area (Å²) < 4.78 is 25.3. The Kier molecular flexibility index (Phi) is 5.59. The van der Waals surface area contributed by atoms with Crippen molar-refractivity contribution < 1.29 is 13.2 Å². The lowest BCUT2D eigenvalue weighted by atomic mass is 9.88. The number of sulfonamides is 1. The Morgan fingerprint density at radius 1 is 1.33 bits per heavy atom. The summed E-state index contributed by atoms with van der Waals surface area (Å²) in [5.41, 5.74) is 5.53. The number of hydrogen-bond acceptors (Lipinski definition) is 4. The maximum Gasteiger partial charge on any atom is 0.237 e. The molecule has 1 aliphatic rings. The van der Waals surface area contributed by atoms with E-state index in [0.717, 1.165) is 6.42 Å². The van der Waals surface area contributed by atoms with Crippen LogP contribution in [-0.2, 0) is 14.8 Å². The second-order valence-electron chi connectivity index (χ2n) is 5.39. The molecule has 0 radical (unpaired) electrons. The molecule has 18 heavy (non-hydrogen) atoms. The molecular formula is C12H24N2O3S. The Balaban J connectivity index is 2.35. The van der Waals surface area contributed by atoms with Gasteiger partial charge in [0.25, 0.3) is 0 Å². The monoisotopic (exact) mass is 276 g/mol. The van der Waals surface area contributed by atoms with Gasteiger partial charge in [0.05, 0.1) is 5.25 Å². The molecule has 1 fully saturated rings. The van der Waals surface area contributed by atoms with Gasteiger partial charge in [0, 0.05) is 6.42 Å². The molecular weight excluding hydrogens is 252 g/mol. The smallest absolute Gasteiger partial charge is 0.237 e. The van der Waals surface area contributed by atoms with Gasteiger partial charge in [-0.05, 0) is 44.1 Å². The van der Waals surface area contributed by atoms with Gasteiger partial charge >= 0.3 is 0 Å². The zero-order valence-electron chi connectivity index (χ0n) is 11.2. The first kappa shape index (κ1) is 15.4. The summed E-state index contributed by atoms with van der Waals surface area (Å²) in [4.78, 5) is 11.6. The number of amides is 1. The molecule has 0 saturated heterocycles. The Bertz CT molecular complexity index is 375. The summed E-state index contributed by atoms with van der Waals surface area (Å²) in [6.07, 6.45) is 3.17. The van der Waals surface area contributed by atoms with E-state index >= 15 is 0 Å². The molecule has 0 aromatic carbocycles. The Morgan fingerprint density at radius 2 is 1.94 bits per heavy atom. The Morgan fingerprint density at radius 3 is 2.39 bits per heavy atom. The molecule has 0 aliphatic heterocycles. The molecule has 1 aliphatic carbocycles. The average Bonchev–Trinajstić information content (AvgIpc) is 3.06. The summed E-state index contributed by atoms with van der Waals surface area (Å²) in [5, 5.41) is -0.341. The lowest BCUT2D eigenvalue weighted by Gasteiger charge is -2.19. The first-order valence-corrected chi connectivity index (χ1v) is 8.16. The molecule has 1 amide bonds. The number of carbonyl (C=O) groups excluding carboxylic acids is 1. The second-order valence-corrected chi connectivity index (χ2v) is 7.35. The first-order chi connectivity index (χ1) is 8.36. The molecule has 0 aromatic heterocycles. The minimum absolute atomic E-state index is 0.259. The highest BCUT2D eigenvalue weighted by molar-refractivity contribution is 7.90.